The molecule has 19 heteroatoms. The molecule has 9 nitrogen and oxygen atoms in total. The Balaban J connectivity index is 0.000000660. The van der Waals surface area contributed by atoms with E-state index in [1.54, 1.807) is 0 Å². The van der Waals surface area contributed by atoms with Crippen molar-refractivity contribution in [2.45, 2.75) is 50.0 Å². The van der Waals surface area contributed by atoms with E-state index in [-0.39, 0.29) is 0 Å². The van der Waals surface area contributed by atoms with Crippen LogP contribution >= 0.6 is 11.3 Å². The number of likely N-dealkylation sites (tertiary alicyclic amines) is 1. The molecule has 0 aromatic carbocycles. The van der Waals surface area contributed by atoms with Gasteiger partial charge in [0.05, 0.1) is 0 Å². The summed E-state index contributed by atoms with van der Waals surface area (Å²) < 4.78 is 95.2. The Kier molecular flexibility index (Phi) is 15.5. The van der Waals surface area contributed by atoms with E-state index in [1.807, 2.05) is 29.8 Å². The molecule has 2 aromatic heterocycles. The van der Waals surface area contributed by atoms with Gasteiger partial charge in [-0.05, 0) is 50.0 Å². The second-order valence-corrected chi connectivity index (χ2v) is 9.44. The van der Waals surface area contributed by atoms with Crippen LogP contribution in [0.4, 0.5) is 39.5 Å². The lowest BCUT2D eigenvalue weighted by atomic mass is 10.0. The largest absolute Gasteiger partial charge is 0.490 e. The third-order valence-electron chi connectivity index (χ3n) is 5.12. The molecule has 238 valence electrons. The zero-order chi connectivity index (χ0) is 32.9. The predicted molar refractivity (Wildman–Crippen MR) is 130 cm³/mol. The fourth-order valence-corrected chi connectivity index (χ4v) is 4.06. The molecule has 0 unspecified atom stereocenters. The van der Waals surface area contributed by atoms with Crippen molar-refractivity contribution in [3.05, 3.63) is 52.5 Å². The molecule has 1 aliphatic heterocycles. The number of aromatic nitrogens is 1. The second kappa shape index (κ2) is 16.9. The predicted octanol–water partition coefficient (Wildman–Crippen LogP) is 4.79. The van der Waals surface area contributed by atoms with E-state index in [2.05, 4.69) is 52.5 Å². The number of hydrogen-bond acceptors (Lipinski definition) is 7. The van der Waals surface area contributed by atoms with Crippen molar-refractivity contribution in [3.63, 3.8) is 0 Å². The van der Waals surface area contributed by atoms with E-state index in [0.717, 1.165) is 13.0 Å². The van der Waals surface area contributed by atoms with Gasteiger partial charge in [-0.3, -0.25) is 9.88 Å². The summed E-state index contributed by atoms with van der Waals surface area (Å²) >= 11 is 1.86. The first-order valence-electron chi connectivity index (χ1n) is 11.3. The number of pyridine rings is 1. The summed E-state index contributed by atoms with van der Waals surface area (Å²) in [6.07, 6.45) is -9.05. The molecule has 0 saturated carbocycles. The lowest BCUT2D eigenvalue weighted by Crippen LogP contribution is -2.43. The molecule has 1 aliphatic rings. The number of thiophene rings is 1. The summed E-state index contributed by atoms with van der Waals surface area (Å²) in [6.45, 7) is 2.26. The van der Waals surface area contributed by atoms with E-state index in [0.29, 0.717) is 12.1 Å². The van der Waals surface area contributed by atoms with Crippen molar-refractivity contribution < 1.29 is 69.2 Å². The molecule has 3 rings (SSSR count). The van der Waals surface area contributed by atoms with Crippen molar-refractivity contribution in [1.29, 1.82) is 0 Å². The molecule has 42 heavy (non-hydrogen) atoms. The van der Waals surface area contributed by atoms with Gasteiger partial charge in [-0.25, -0.2) is 14.4 Å². The number of halogens is 9. The average molecular weight is 644 g/mol. The van der Waals surface area contributed by atoms with Crippen molar-refractivity contribution in [1.82, 2.24) is 14.8 Å². The summed E-state index contributed by atoms with van der Waals surface area (Å²) in [5, 5.41) is 23.5. The summed E-state index contributed by atoms with van der Waals surface area (Å²) in [4.78, 5) is 37.4. The van der Waals surface area contributed by atoms with Gasteiger partial charge in [0.2, 0.25) is 0 Å². The molecule has 2 atom stereocenters. The topological polar surface area (TPSA) is 131 Å². The van der Waals surface area contributed by atoms with Crippen LogP contribution < -0.4 is 0 Å². The smallest absolute Gasteiger partial charge is 0.475 e. The highest BCUT2D eigenvalue weighted by atomic mass is 32.1. The van der Waals surface area contributed by atoms with Gasteiger partial charge in [-0.2, -0.15) is 39.5 Å². The Hall–Kier alpha value is -3.45. The van der Waals surface area contributed by atoms with Crippen LogP contribution in [0, 0.1) is 0 Å². The summed E-state index contributed by atoms with van der Waals surface area (Å²) in [7, 11) is 4.41. The molecule has 0 bridgehead atoms. The first kappa shape index (κ1) is 38.5. The molecular formula is C23H26F9N3O6S. The molecule has 1 saturated heterocycles. The zero-order valence-electron chi connectivity index (χ0n) is 21.7. The zero-order valence-corrected chi connectivity index (χ0v) is 22.6. The Morgan fingerprint density at radius 3 is 1.71 bits per heavy atom. The van der Waals surface area contributed by atoms with Crippen molar-refractivity contribution >= 4 is 29.2 Å². The minimum atomic E-state index is -5.08. The Labute approximate surface area is 236 Å². The minimum absolute atomic E-state index is 0.575. The van der Waals surface area contributed by atoms with Crippen LogP contribution in [0.5, 0.6) is 0 Å². The fraction of sp³-hybridized carbons (Fsp3) is 0.478. The number of aliphatic carboxylic acids is 3. The van der Waals surface area contributed by atoms with Crippen molar-refractivity contribution in [2.75, 3.05) is 20.6 Å². The van der Waals surface area contributed by atoms with Crippen LogP contribution in [0.3, 0.4) is 0 Å². The molecule has 3 N–H and O–H groups in total. The standard InChI is InChI=1S/C17H23N3S.3C2HF3O2/c1-19(2)16-7-9-20(13-15-6-4-10-21-15)17(16)11-14-5-3-8-18-12-14;3*3-2(4,5)1(6)7/h3-6,8,10,12,16-17H,7,9,11,13H2,1-2H3;3*(H,6,7)/t16-,17+;;;/m1.../s1. The highest BCUT2D eigenvalue weighted by molar-refractivity contribution is 7.09. The van der Waals surface area contributed by atoms with E-state index < -0.39 is 36.4 Å². The molecule has 2 aromatic rings. The quantitative estimate of drug-likeness (QED) is 0.394. The maximum absolute atomic E-state index is 10.6. The number of alkyl halides is 9. The number of carbonyl (C=O) groups is 3. The monoisotopic (exact) mass is 643 g/mol. The Morgan fingerprint density at radius 2 is 1.38 bits per heavy atom. The maximum atomic E-state index is 10.6. The Bertz CT molecular complexity index is 1040. The first-order valence-corrected chi connectivity index (χ1v) is 12.2. The summed E-state index contributed by atoms with van der Waals surface area (Å²) in [5.41, 5.74) is 1.34. The third-order valence-corrected chi connectivity index (χ3v) is 5.98. The molecule has 0 amide bonds. The van der Waals surface area contributed by atoms with E-state index >= 15 is 0 Å². The number of carboxylic acid groups (broad SMARTS) is 3. The number of carboxylic acids is 3. The molecule has 0 aliphatic carbocycles. The average Bonchev–Trinajstić information content (AvgIpc) is 3.50. The fourth-order valence-electron chi connectivity index (χ4n) is 3.33. The van der Waals surface area contributed by atoms with Gasteiger partial charge >= 0.3 is 36.4 Å². The van der Waals surface area contributed by atoms with Gasteiger partial charge in [0.25, 0.3) is 0 Å². The maximum Gasteiger partial charge on any atom is 0.490 e. The van der Waals surface area contributed by atoms with Gasteiger partial charge in [0, 0.05) is 42.4 Å². The van der Waals surface area contributed by atoms with Crippen LogP contribution in [0.2, 0.25) is 0 Å². The molecule has 1 fully saturated rings. The minimum Gasteiger partial charge on any atom is -0.475 e. The van der Waals surface area contributed by atoms with Crippen LogP contribution in [-0.4, -0.2) is 99.3 Å². The summed E-state index contributed by atoms with van der Waals surface area (Å²) in [6, 6.07) is 9.83. The Morgan fingerprint density at radius 1 is 0.905 bits per heavy atom. The van der Waals surface area contributed by atoms with Gasteiger partial charge in [0.1, 0.15) is 0 Å². The number of likely N-dealkylation sites (N-methyl/N-ethyl adjacent to an activating group) is 1. The number of rotatable bonds is 5. The lowest BCUT2D eigenvalue weighted by molar-refractivity contribution is -0.193. The van der Waals surface area contributed by atoms with E-state index in [1.165, 1.54) is 23.4 Å². The highest BCUT2D eigenvalue weighted by Gasteiger charge is 2.39. The normalized spacial score (nSPS) is 17.1. The number of hydrogen-bond donors (Lipinski definition) is 3. The first-order chi connectivity index (χ1) is 19.1. The van der Waals surface area contributed by atoms with Gasteiger partial charge in [-0.15, -0.1) is 11.3 Å². The SMILES string of the molecule is CN(C)[C@@H]1CCN(Cc2cccs2)[C@H]1Cc1cccnc1.O=C(O)C(F)(F)F.O=C(O)C(F)(F)F.O=C(O)C(F)(F)F. The molecular weight excluding hydrogens is 617 g/mol. The number of nitrogens with zero attached hydrogens (tertiary/aromatic N) is 3. The molecule has 0 spiro atoms. The van der Waals surface area contributed by atoms with Crippen LogP contribution in [-0.2, 0) is 27.3 Å². The third kappa shape index (κ3) is 15.5. The summed E-state index contributed by atoms with van der Waals surface area (Å²) in [5.74, 6) is -8.27. The van der Waals surface area contributed by atoms with Crippen LogP contribution in [0.1, 0.15) is 16.9 Å². The van der Waals surface area contributed by atoms with Crippen molar-refractivity contribution in [3.8, 4) is 0 Å². The van der Waals surface area contributed by atoms with Crippen molar-refractivity contribution in [2.24, 2.45) is 0 Å². The van der Waals surface area contributed by atoms with E-state index in [9.17, 15) is 39.5 Å². The van der Waals surface area contributed by atoms with Crippen LogP contribution in [0.15, 0.2) is 42.0 Å². The van der Waals surface area contributed by atoms with Gasteiger partial charge in [0.15, 0.2) is 0 Å². The molecule has 3 heterocycles. The lowest BCUT2D eigenvalue weighted by Gasteiger charge is -2.31. The van der Waals surface area contributed by atoms with Gasteiger partial charge < -0.3 is 20.2 Å². The van der Waals surface area contributed by atoms with E-state index in [4.69, 9.17) is 29.7 Å². The second-order valence-electron chi connectivity index (χ2n) is 8.41. The van der Waals surface area contributed by atoms with Crippen LogP contribution in [0.25, 0.3) is 0 Å². The molecule has 0 radical (unpaired) electrons. The highest BCUT2D eigenvalue weighted by Crippen LogP contribution is 2.27. The van der Waals surface area contributed by atoms with Gasteiger partial charge in [-0.1, -0.05) is 12.1 Å².